The molecule has 1 atom stereocenters. The highest BCUT2D eigenvalue weighted by molar-refractivity contribution is 7.92. The molecule has 3 aromatic carbocycles. The molecule has 0 bridgehead atoms. The van der Waals surface area contributed by atoms with Crippen molar-refractivity contribution < 1.29 is 27.1 Å². The maximum Gasteiger partial charge on any atom is 0.264 e. The highest BCUT2D eigenvalue weighted by Gasteiger charge is 2.28. The van der Waals surface area contributed by atoms with Gasteiger partial charge in [-0.3, -0.25) is 9.10 Å². The lowest BCUT2D eigenvalue weighted by Crippen LogP contribution is -2.42. The first-order valence-corrected chi connectivity index (χ1v) is 12.1. The SMILES string of the molecule is CC[C@@H](NC(=O)CN(c1ccc(F)cc1)S(=O)(=O)c1ccc(OC)cc1)c1ccc(OC)cc1. The van der Waals surface area contributed by atoms with Crippen LogP contribution in [0.3, 0.4) is 0 Å². The summed E-state index contributed by atoms with van der Waals surface area (Å²) in [6.07, 6.45) is 0.597. The van der Waals surface area contributed by atoms with Crippen molar-refractivity contribution in [2.75, 3.05) is 25.1 Å². The molecule has 3 rings (SSSR count). The Balaban J connectivity index is 1.88. The van der Waals surface area contributed by atoms with E-state index in [-0.39, 0.29) is 16.6 Å². The van der Waals surface area contributed by atoms with Gasteiger partial charge in [0.15, 0.2) is 0 Å². The van der Waals surface area contributed by atoms with Crippen molar-refractivity contribution in [2.24, 2.45) is 0 Å². The van der Waals surface area contributed by atoms with Crippen LogP contribution in [0.5, 0.6) is 11.5 Å². The fraction of sp³-hybridized carbons (Fsp3) is 0.240. The number of rotatable bonds is 10. The van der Waals surface area contributed by atoms with Crippen LogP contribution in [0.15, 0.2) is 77.7 Å². The summed E-state index contributed by atoms with van der Waals surface area (Å²) in [6, 6.07) is 17.7. The van der Waals surface area contributed by atoms with Gasteiger partial charge in [0.25, 0.3) is 10.0 Å². The first kappa shape index (κ1) is 25.0. The second-order valence-corrected chi connectivity index (χ2v) is 9.33. The third-order valence-corrected chi connectivity index (χ3v) is 7.10. The Kier molecular flexibility index (Phi) is 8.12. The van der Waals surface area contributed by atoms with Crippen molar-refractivity contribution in [3.63, 3.8) is 0 Å². The summed E-state index contributed by atoms with van der Waals surface area (Å²) in [5, 5.41) is 2.89. The molecule has 0 aliphatic carbocycles. The molecular weight excluding hydrogens is 459 g/mol. The van der Waals surface area contributed by atoms with Crippen LogP contribution in [-0.2, 0) is 14.8 Å². The monoisotopic (exact) mass is 486 g/mol. The smallest absolute Gasteiger partial charge is 0.264 e. The van der Waals surface area contributed by atoms with Gasteiger partial charge < -0.3 is 14.8 Å². The minimum absolute atomic E-state index is 0.0207. The molecule has 0 spiro atoms. The van der Waals surface area contributed by atoms with Crippen LogP contribution in [0.1, 0.15) is 24.9 Å². The molecule has 0 heterocycles. The average molecular weight is 487 g/mol. The van der Waals surface area contributed by atoms with E-state index in [4.69, 9.17) is 9.47 Å². The summed E-state index contributed by atoms with van der Waals surface area (Å²) in [4.78, 5) is 13.0. The number of nitrogens with one attached hydrogen (secondary N) is 1. The maximum atomic E-state index is 13.5. The quantitative estimate of drug-likeness (QED) is 0.462. The number of nitrogens with zero attached hydrogens (tertiary/aromatic N) is 1. The number of methoxy groups -OCH3 is 2. The van der Waals surface area contributed by atoms with Crippen molar-refractivity contribution in [3.8, 4) is 11.5 Å². The Labute approximate surface area is 199 Å². The lowest BCUT2D eigenvalue weighted by atomic mass is 10.0. The zero-order valence-electron chi connectivity index (χ0n) is 19.2. The van der Waals surface area contributed by atoms with Crippen molar-refractivity contribution in [3.05, 3.63) is 84.2 Å². The maximum absolute atomic E-state index is 13.5. The normalized spacial score (nSPS) is 12.0. The molecule has 0 unspecified atom stereocenters. The first-order valence-electron chi connectivity index (χ1n) is 10.6. The highest BCUT2D eigenvalue weighted by Crippen LogP contribution is 2.26. The number of amides is 1. The van der Waals surface area contributed by atoms with E-state index in [0.717, 1.165) is 22.0 Å². The van der Waals surface area contributed by atoms with Crippen LogP contribution in [0.25, 0.3) is 0 Å². The number of benzene rings is 3. The number of halogens is 1. The van der Waals surface area contributed by atoms with E-state index in [0.29, 0.717) is 17.9 Å². The standard InChI is InChI=1S/C25H27FN2O5S/c1-4-24(18-5-11-21(32-2)12-6-18)27-25(29)17-28(20-9-7-19(26)8-10-20)34(30,31)23-15-13-22(33-3)14-16-23/h5-16,24H,4,17H2,1-3H3,(H,27,29)/t24-/m1/s1. The van der Waals surface area contributed by atoms with Gasteiger partial charge in [-0.25, -0.2) is 12.8 Å². The van der Waals surface area contributed by atoms with E-state index < -0.39 is 28.3 Å². The van der Waals surface area contributed by atoms with Crippen molar-refractivity contribution in [2.45, 2.75) is 24.3 Å². The lowest BCUT2D eigenvalue weighted by Gasteiger charge is -2.26. The van der Waals surface area contributed by atoms with Gasteiger partial charge in [0.2, 0.25) is 5.91 Å². The van der Waals surface area contributed by atoms with Crippen molar-refractivity contribution in [1.82, 2.24) is 5.32 Å². The van der Waals surface area contributed by atoms with Crippen LogP contribution in [0.4, 0.5) is 10.1 Å². The van der Waals surface area contributed by atoms with Gasteiger partial charge >= 0.3 is 0 Å². The van der Waals surface area contributed by atoms with E-state index >= 15 is 0 Å². The van der Waals surface area contributed by atoms with Gasteiger partial charge in [0, 0.05) is 0 Å². The number of carbonyl (C=O) groups excluding carboxylic acids is 1. The Morgan fingerprint density at radius 1 is 0.912 bits per heavy atom. The molecule has 1 amide bonds. The van der Waals surface area contributed by atoms with Gasteiger partial charge in [-0.1, -0.05) is 19.1 Å². The minimum Gasteiger partial charge on any atom is -0.497 e. The van der Waals surface area contributed by atoms with Gasteiger partial charge in [0.1, 0.15) is 23.9 Å². The lowest BCUT2D eigenvalue weighted by molar-refractivity contribution is -0.120. The predicted octanol–water partition coefficient (Wildman–Crippen LogP) is 4.31. The summed E-state index contributed by atoms with van der Waals surface area (Å²) in [7, 11) is -1.08. The average Bonchev–Trinajstić information content (AvgIpc) is 2.86. The van der Waals surface area contributed by atoms with E-state index in [1.807, 2.05) is 19.1 Å². The molecule has 9 heteroatoms. The number of hydrogen-bond acceptors (Lipinski definition) is 5. The first-order chi connectivity index (χ1) is 16.3. The molecule has 0 fully saturated rings. The van der Waals surface area contributed by atoms with Gasteiger partial charge in [0.05, 0.1) is 30.8 Å². The summed E-state index contributed by atoms with van der Waals surface area (Å²) in [5.74, 6) is 0.179. The van der Waals surface area contributed by atoms with Crippen LogP contribution in [0, 0.1) is 5.82 Å². The summed E-state index contributed by atoms with van der Waals surface area (Å²) in [6.45, 7) is 1.44. The van der Waals surface area contributed by atoms with Crippen LogP contribution in [-0.4, -0.2) is 35.1 Å². The molecule has 0 saturated carbocycles. The van der Waals surface area contributed by atoms with E-state index in [1.165, 1.54) is 43.5 Å². The van der Waals surface area contributed by atoms with Crippen LogP contribution >= 0.6 is 0 Å². The summed E-state index contributed by atoms with van der Waals surface area (Å²) < 4.78 is 51.6. The van der Waals surface area contributed by atoms with Gasteiger partial charge in [-0.05, 0) is 72.6 Å². The number of sulfonamides is 1. The predicted molar refractivity (Wildman–Crippen MR) is 128 cm³/mol. The largest absolute Gasteiger partial charge is 0.497 e. The minimum atomic E-state index is -4.13. The molecule has 7 nitrogen and oxygen atoms in total. The number of ether oxygens (including phenoxy) is 2. The molecule has 0 aromatic heterocycles. The molecule has 0 aliphatic rings. The molecule has 0 aliphatic heterocycles. The van der Waals surface area contributed by atoms with Crippen molar-refractivity contribution in [1.29, 1.82) is 0 Å². The third kappa shape index (κ3) is 5.85. The van der Waals surface area contributed by atoms with Crippen molar-refractivity contribution >= 4 is 21.6 Å². The molecule has 0 radical (unpaired) electrons. The van der Waals surface area contributed by atoms with Gasteiger partial charge in [-0.15, -0.1) is 0 Å². The summed E-state index contributed by atoms with van der Waals surface area (Å²) in [5.41, 5.74) is 1.04. The second-order valence-electron chi connectivity index (χ2n) is 7.47. The number of anilines is 1. The Morgan fingerprint density at radius 2 is 1.44 bits per heavy atom. The number of hydrogen-bond donors (Lipinski definition) is 1. The summed E-state index contributed by atoms with van der Waals surface area (Å²) >= 11 is 0. The van der Waals surface area contributed by atoms with Crippen LogP contribution < -0.4 is 19.1 Å². The molecule has 34 heavy (non-hydrogen) atoms. The van der Waals surface area contributed by atoms with Gasteiger partial charge in [-0.2, -0.15) is 0 Å². The zero-order valence-corrected chi connectivity index (χ0v) is 20.0. The molecule has 0 saturated heterocycles. The zero-order chi connectivity index (χ0) is 24.7. The van der Waals surface area contributed by atoms with E-state index in [9.17, 15) is 17.6 Å². The molecule has 1 N–H and O–H groups in total. The fourth-order valence-corrected chi connectivity index (χ4v) is 4.85. The van der Waals surface area contributed by atoms with E-state index in [1.54, 1.807) is 19.2 Å². The number of carbonyl (C=O) groups is 1. The molecule has 180 valence electrons. The second kappa shape index (κ2) is 11.0. The highest BCUT2D eigenvalue weighted by atomic mass is 32.2. The Hall–Kier alpha value is -3.59. The molecule has 3 aromatic rings. The third-order valence-electron chi connectivity index (χ3n) is 5.31. The Morgan fingerprint density at radius 3 is 1.94 bits per heavy atom. The van der Waals surface area contributed by atoms with E-state index in [2.05, 4.69) is 5.32 Å². The Bertz CT molecular complexity index is 1200. The van der Waals surface area contributed by atoms with Crippen LogP contribution in [0.2, 0.25) is 0 Å². The molecular formula is C25H27FN2O5S. The topological polar surface area (TPSA) is 84.9 Å². The fourth-order valence-electron chi connectivity index (χ4n) is 3.43.